The molecule has 1 aromatic carbocycles. The highest BCUT2D eigenvalue weighted by Crippen LogP contribution is 2.20. The van der Waals surface area contributed by atoms with Gasteiger partial charge in [0.2, 0.25) is 5.91 Å². The molecule has 0 unspecified atom stereocenters. The van der Waals surface area contributed by atoms with Crippen LogP contribution in [0.4, 0.5) is 5.69 Å². The number of rotatable bonds is 6. The normalized spacial score (nSPS) is 11.9. The summed E-state index contributed by atoms with van der Waals surface area (Å²) in [5, 5.41) is 14.2. The molecule has 104 valence electrons. The lowest BCUT2D eigenvalue weighted by Crippen LogP contribution is -2.39. The van der Waals surface area contributed by atoms with Crippen LogP contribution in [0.1, 0.15) is 25.0 Å². The first kappa shape index (κ1) is 15.2. The van der Waals surface area contributed by atoms with Crippen LogP contribution >= 0.6 is 0 Å². The summed E-state index contributed by atoms with van der Waals surface area (Å²) >= 11 is 0. The highest BCUT2D eigenvalue weighted by Gasteiger charge is 2.13. The molecule has 0 saturated carbocycles. The van der Waals surface area contributed by atoms with Gasteiger partial charge in [-0.2, -0.15) is 0 Å². The van der Waals surface area contributed by atoms with E-state index in [1.807, 2.05) is 32.0 Å². The van der Waals surface area contributed by atoms with Gasteiger partial charge >= 0.3 is 5.97 Å². The van der Waals surface area contributed by atoms with E-state index in [0.717, 1.165) is 23.2 Å². The fourth-order valence-corrected chi connectivity index (χ4v) is 1.72. The molecule has 1 aromatic rings. The fraction of sp³-hybridized carbons (Fsp3) is 0.429. The van der Waals surface area contributed by atoms with E-state index < -0.39 is 12.0 Å². The average Bonchev–Trinajstić information content (AvgIpc) is 2.38. The molecule has 1 rings (SSSR count). The van der Waals surface area contributed by atoms with E-state index >= 15 is 0 Å². The van der Waals surface area contributed by atoms with Crippen LogP contribution in [-0.2, 0) is 16.0 Å². The molecular formula is C14H20N2O3. The molecule has 0 fully saturated rings. The Labute approximate surface area is 113 Å². The lowest BCUT2D eigenvalue weighted by molar-refractivity contribution is -0.139. The predicted octanol–water partition coefficient (Wildman–Crippen LogP) is 1.56. The van der Waals surface area contributed by atoms with Gasteiger partial charge in [-0.25, -0.2) is 0 Å². The Balaban J connectivity index is 2.65. The third kappa shape index (κ3) is 4.37. The van der Waals surface area contributed by atoms with Crippen LogP contribution in [0.2, 0.25) is 0 Å². The molecule has 0 radical (unpaired) electrons. The number of amides is 1. The molecule has 5 nitrogen and oxygen atoms in total. The Kier molecular flexibility index (Phi) is 5.51. The third-order valence-electron chi connectivity index (χ3n) is 2.94. The lowest BCUT2D eigenvalue weighted by Gasteiger charge is -2.14. The topological polar surface area (TPSA) is 78.4 Å². The fourth-order valence-electron chi connectivity index (χ4n) is 1.72. The Bertz CT molecular complexity index is 472. The van der Waals surface area contributed by atoms with E-state index in [1.165, 1.54) is 6.92 Å². The molecule has 0 aromatic heterocycles. The van der Waals surface area contributed by atoms with Gasteiger partial charge in [0.05, 0.1) is 6.54 Å². The predicted molar refractivity (Wildman–Crippen MR) is 74.3 cm³/mol. The van der Waals surface area contributed by atoms with Gasteiger partial charge in [-0.05, 0) is 31.4 Å². The Morgan fingerprint density at radius 2 is 2.05 bits per heavy atom. The van der Waals surface area contributed by atoms with Crippen LogP contribution in [0, 0.1) is 6.92 Å². The van der Waals surface area contributed by atoms with Crippen molar-refractivity contribution in [2.24, 2.45) is 0 Å². The average molecular weight is 264 g/mol. The van der Waals surface area contributed by atoms with Crippen LogP contribution in [-0.4, -0.2) is 29.6 Å². The zero-order chi connectivity index (χ0) is 14.4. The summed E-state index contributed by atoms with van der Waals surface area (Å²) in [6, 6.07) is 5.11. The van der Waals surface area contributed by atoms with E-state index in [0.29, 0.717) is 0 Å². The summed E-state index contributed by atoms with van der Waals surface area (Å²) in [5.41, 5.74) is 2.89. The molecule has 1 amide bonds. The van der Waals surface area contributed by atoms with Crippen molar-refractivity contribution in [3.8, 4) is 0 Å². The number of carbonyl (C=O) groups is 2. The summed E-state index contributed by atoms with van der Waals surface area (Å²) in [5.74, 6) is -1.21. The summed E-state index contributed by atoms with van der Waals surface area (Å²) in [6.45, 7) is 5.43. The van der Waals surface area contributed by atoms with Crippen LogP contribution in [0.25, 0.3) is 0 Å². The molecule has 0 aliphatic rings. The number of carboxylic acid groups (broad SMARTS) is 1. The number of aliphatic carboxylic acids is 1. The zero-order valence-corrected chi connectivity index (χ0v) is 11.5. The van der Waals surface area contributed by atoms with Gasteiger partial charge < -0.3 is 10.4 Å². The second-order valence-electron chi connectivity index (χ2n) is 4.45. The molecule has 5 heteroatoms. The number of aryl methyl sites for hydroxylation is 2. The van der Waals surface area contributed by atoms with Crippen molar-refractivity contribution < 1.29 is 14.7 Å². The van der Waals surface area contributed by atoms with Gasteiger partial charge in [0.1, 0.15) is 6.04 Å². The Morgan fingerprint density at radius 1 is 1.37 bits per heavy atom. The highest BCUT2D eigenvalue weighted by molar-refractivity contribution is 5.94. The van der Waals surface area contributed by atoms with Crippen molar-refractivity contribution in [1.82, 2.24) is 5.32 Å². The number of carbonyl (C=O) groups excluding carboxylic acids is 1. The standard InChI is InChI=1S/C14H20N2O3/c1-4-11-7-5-6-9(2)13(11)16-12(17)8-15-10(3)14(18)19/h5-7,10,15H,4,8H2,1-3H3,(H,16,17)(H,18,19)/t10-/m0/s1. The van der Waals surface area contributed by atoms with Gasteiger partial charge in [-0.15, -0.1) is 0 Å². The second-order valence-corrected chi connectivity index (χ2v) is 4.45. The quantitative estimate of drug-likeness (QED) is 0.728. The molecule has 0 spiro atoms. The van der Waals surface area contributed by atoms with Gasteiger partial charge in [0.15, 0.2) is 0 Å². The molecule has 0 heterocycles. The SMILES string of the molecule is CCc1cccc(C)c1NC(=O)CN[C@@H](C)C(=O)O. The maximum absolute atomic E-state index is 11.8. The van der Waals surface area contributed by atoms with Gasteiger partial charge in [0.25, 0.3) is 0 Å². The molecular weight excluding hydrogens is 244 g/mol. The number of anilines is 1. The van der Waals surface area contributed by atoms with Crippen molar-refractivity contribution in [2.75, 3.05) is 11.9 Å². The summed E-state index contributed by atoms with van der Waals surface area (Å²) in [7, 11) is 0. The maximum Gasteiger partial charge on any atom is 0.320 e. The van der Waals surface area contributed by atoms with Crippen molar-refractivity contribution in [3.63, 3.8) is 0 Å². The van der Waals surface area contributed by atoms with Crippen LogP contribution in [0.3, 0.4) is 0 Å². The van der Waals surface area contributed by atoms with Crippen LogP contribution in [0.15, 0.2) is 18.2 Å². The van der Waals surface area contributed by atoms with E-state index in [2.05, 4.69) is 10.6 Å². The number of para-hydroxylation sites is 1. The molecule has 0 bridgehead atoms. The van der Waals surface area contributed by atoms with E-state index in [-0.39, 0.29) is 12.5 Å². The Morgan fingerprint density at radius 3 is 2.63 bits per heavy atom. The maximum atomic E-state index is 11.8. The van der Waals surface area contributed by atoms with Crippen molar-refractivity contribution in [3.05, 3.63) is 29.3 Å². The van der Waals surface area contributed by atoms with E-state index in [9.17, 15) is 9.59 Å². The van der Waals surface area contributed by atoms with Crippen molar-refractivity contribution in [1.29, 1.82) is 0 Å². The summed E-state index contributed by atoms with van der Waals surface area (Å²) in [6.07, 6.45) is 0.830. The highest BCUT2D eigenvalue weighted by atomic mass is 16.4. The van der Waals surface area contributed by atoms with Gasteiger partial charge in [-0.3, -0.25) is 14.9 Å². The smallest absolute Gasteiger partial charge is 0.320 e. The number of hydrogen-bond donors (Lipinski definition) is 3. The Hall–Kier alpha value is -1.88. The molecule has 19 heavy (non-hydrogen) atoms. The molecule has 0 aliphatic heterocycles. The van der Waals surface area contributed by atoms with Crippen molar-refractivity contribution >= 4 is 17.6 Å². The molecule has 0 aliphatic carbocycles. The second kappa shape index (κ2) is 6.89. The molecule has 0 saturated heterocycles. The van der Waals surface area contributed by atoms with Crippen LogP contribution in [0.5, 0.6) is 0 Å². The molecule has 3 N–H and O–H groups in total. The molecule has 1 atom stereocenters. The third-order valence-corrected chi connectivity index (χ3v) is 2.94. The van der Waals surface area contributed by atoms with Crippen LogP contribution < -0.4 is 10.6 Å². The van der Waals surface area contributed by atoms with Gasteiger partial charge in [-0.1, -0.05) is 25.1 Å². The first-order chi connectivity index (χ1) is 8.95. The van der Waals surface area contributed by atoms with Crippen molar-refractivity contribution in [2.45, 2.75) is 33.2 Å². The first-order valence-electron chi connectivity index (χ1n) is 6.30. The monoisotopic (exact) mass is 264 g/mol. The number of carboxylic acids is 1. The number of hydrogen-bond acceptors (Lipinski definition) is 3. The minimum atomic E-state index is -0.974. The minimum absolute atomic E-state index is 0.0229. The largest absolute Gasteiger partial charge is 0.480 e. The minimum Gasteiger partial charge on any atom is -0.480 e. The van der Waals surface area contributed by atoms with E-state index in [4.69, 9.17) is 5.11 Å². The lowest BCUT2D eigenvalue weighted by atomic mass is 10.1. The zero-order valence-electron chi connectivity index (χ0n) is 11.5. The first-order valence-corrected chi connectivity index (χ1v) is 6.30. The summed E-state index contributed by atoms with van der Waals surface area (Å²) in [4.78, 5) is 22.4. The van der Waals surface area contributed by atoms with E-state index in [1.54, 1.807) is 0 Å². The van der Waals surface area contributed by atoms with Gasteiger partial charge in [0, 0.05) is 5.69 Å². The number of nitrogens with one attached hydrogen (secondary N) is 2. The summed E-state index contributed by atoms with van der Waals surface area (Å²) < 4.78 is 0. The number of benzene rings is 1.